The van der Waals surface area contributed by atoms with Crippen LogP contribution in [-0.4, -0.2) is 39.2 Å². The number of benzene rings is 2. The molecule has 2 heterocycles. The number of anilines is 1. The van der Waals surface area contributed by atoms with Gasteiger partial charge in [0.1, 0.15) is 11.4 Å². The van der Waals surface area contributed by atoms with Gasteiger partial charge in [0.05, 0.1) is 34.7 Å². The molecule has 190 valence electrons. The van der Waals surface area contributed by atoms with Crippen molar-refractivity contribution in [3.8, 4) is 0 Å². The Bertz CT molecular complexity index is 1480. The molecule has 0 saturated carbocycles. The third-order valence-corrected chi connectivity index (χ3v) is 6.08. The first kappa shape index (κ1) is 26.3. The quantitative estimate of drug-likeness (QED) is 0.182. The van der Waals surface area contributed by atoms with Gasteiger partial charge < -0.3 is 24.3 Å². The van der Waals surface area contributed by atoms with Gasteiger partial charge in [0, 0.05) is 36.6 Å². The van der Waals surface area contributed by atoms with Gasteiger partial charge in [-0.1, -0.05) is 6.07 Å². The lowest BCUT2D eigenvalue weighted by atomic mass is 10.1. The SMILES string of the molecule is CCOC(=O)c1cc2ccc(N)c(C)c2n1C.CCOC(=O)c1cc2ccc([N+](=O)[O-])c(C)c2n1C. The number of esters is 2. The number of fused-ring (bicyclic) bond motifs is 2. The molecule has 0 spiro atoms. The second-order valence-electron chi connectivity index (χ2n) is 8.24. The summed E-state index contributed by atoms with van der Waals surface area (Å²) in [7, 11) is 3.55. The Balaban J connectivity index is 0.000000202. The number of ether oxygens (including phenoxy) is 2. The van der Waals surface area contributed by atoms with Gasteiger partial charge in [-0.25, -0.2) is 9.59 Å². The fraction of sp³-hybridized carbons (Fsp3) is 0.308. The van der Waals surface area contributed by atoms with Crippen LogP contribution in [0.2, 0.25) is 0 Å². The second-order valence-corrected chi connectivity index (χ2v) is 8.24. The number of aromatic nitrogens is 2. The van der Waals surface area contributed by atoms with E-state index in [2.05, 4.69) is 0 Å². The number of nitrogens with zero attached hydrogens (tertiary/aromatic N) is 3. The zero-order chi connectivity index (χ0) is 26.7. The molecule has 2 aromatic heterocycles. The highest BCUT2D eigenvalue weighted by Crippen LogP contribution is 2.29. The third-order valence-electron chi connectivity index (χ3n) is 6.08. The Labute approximate surface area is 208 Å². The van der Waals surface area contributed by atoms with E-state index in [1.54, 1.807) is 44.5 Å². The van der Waals surface area contributed by atoms with Crippen LogP contribution < -0.4 is 5.73 Å². The largest absolute Gasteiger partial charge is 0.461 e. The standard InChI is InChI=1S/C13H14N2O4.C13H16N2O2/c1-4-19-13(16)11-7-9-5-6-10(15(17)18)8(2)12(9)14(11)3;1-4-17-13(16)11-7-9-5-6-10(14)8(2)12(9)15(11)3/h5-7H,4H2,1-3H3;5-7H,4,14H2,1-3H3. The smallest absolute Gasteiger partial charge is 0.354 e. The zero-order valence-corrected chi connectivity index (χ0v) is 21.2. The lowest BCUT2D eigenvalue weighted by Gasteiger charge is -2.06. The molecule has 2 aromatic carbocycles. The number of rotatable bonds is 5. The molecule has 0 amide bonds. The predicted octanol–water partition coefficient (Wildman–Crippen LogP) is 4.82. The van der Waals surface area contributed by atoms with Gasteiger partial charge in [0.25, 0.3) is 5.69 Å². The maximum absolute atomic E-state index is 11.8. The van der Waals surface area contributed by atoms with Gasteiger partial charge in [0.15, 0.2) is 0 Å². The van der Waals surface area contributed by atoms with Crippen molar-refractivity contribution in [1.29, 1.82) is 0 Å². The summed E-state index contributed by atoms with van der Waals surface area (Å²) in [6.07, 6.45) is 0. The minimum Gasteiger partial charge on any atom is -0.461 e. The second kappa shape index (κ2) is 10.5. The van der Waals surface area contributed by atoms with Gasteiger partial charge in [-0.15, -0.1) is 0 Å². The van der Waals surface area contributed by atoms with E-state index in [9.17, 15) is 19.7 Å². The highest BCUT2D eigenvalue weighted by molar-refractivity contribution is 5.98. The number of nitro benzene ring substituents is 1. The van der Waals surface area contributed by atoms with Crippen LogP contribution in [0.25, 0.3) is 21.8 Å². The maximum Gasteiger partial charge on any atom is 0.354 e. The van der Waals surface area contributed by atoms with Crippen LogP contribution in [0.15, 0.2) is 36.4 Å². The average molecular weight is 495 g/mol. The molecule has 0 aliphatic heterocycles. The van der Waals surface area contributed by atoms with E-state index in [1.807, 2.05) is 36.7 Å². The van der Waals surface area contributed by atoms with Gasteiger partial charge in [-0.2, -0.15) is 0 Å². The van der Waals surface area contributed by atoms with Gasteiger partial charge in [-0.05, 0) is 57.5 Å². The fourth-order valence-electron chi connectivity index (χ4n) is 4.30. The number of carbonyl (C=O) groups is 2. The van der Waals surface area contributed by atoms with Crippen LogP contribution in [0.1, 0.15) is 46.0 Å². The number of hydrogen-bond donors (Lipinski definition) is 1. The molecule has 0 bridgehead atoms. The summed E-state index contributed by atoms with van der Waals surface area (Å²) in [5, 5.41) is 12.7. The maximum atomic E-state index is 11.8. The molecule has 0 unspecified atom stereocenters. The van der Waals surface area contributed by atoms with Gasteiger partial charge in [-0.3, -0.25) is 10.1 Å². The number of hydrogen-bond acceptors (Lipinski definition) is 7. The molecular formula is C26H30N4O6. The Morgan fingerprint density at radius 1 is 0.861 bits per heavy atom. The Morgan fingerprint density at radius 2 is 1.31 bits per heavy atom. The van der Waals surface area contributed by atoms with Crippen LogP contribution in [0.3, 0.4) is 0 Å². The minimum atomic E-state index is -0.428. The van der Waals surface area contributed by atoms with E-state index in [-0.39, 0.29) is 11.7 Å². The van der Waals surface area contributed by atoms with Crippen molar-refractivity contribution in [1.82, 2.24) is 9.13 Å². The number of carbonyl (C=O) groups excluding carboxylic acids is 2. The zero-order valence-electron chi connectivity index (χ0n) is 21.2. The molecular weight excluding hydrogens is 464 g/mol. The summed E-state index contributed by atoms with van der Waals surface area (Å²) in [4.78, 5) is 34.0. The number of nitrogen functional groups attached to an aromatic ring is 1. The molecule has 2 N–H and O–H groups in total. The summed E-state index contributed by atoms with van der Waals surface area (Å²) in [6, 6.07) is 10.4. The fourth-order valence-corrected chi connectivity index (χ4v) is 4.30. The Hall–Kier alpha value is -4.34. The van der Waals surface area contributed by atoms with Crippen LogP contribution >= 0.6 is 0 Å². The van der Waals surface area contributed by atoms with Crippen molar-refractivity contribution < 1.29 is 24.0 Å². The third kappa shape index (κ3) is 4.74. The molecule has 0 saturated heterocycles. The first-order valence-corrected chi connectivity index (χ1v) is 11.5. The minimum absolute atomic E-state index is 0.0455. The van der Waals surface area contributed by atoms with Crippen molar-refractivity contribution in [2.45, 2.75) is 27.7 Å². The lowest BCUT2D eigenvalue weighted by Crippen LogP contribution is -2.09. The monoisotopic (exact) mass is 494 g/mol. The topological polar surface area (TPSA) is 132 Å². The van der Waals surface area contributed by atoms with Gasteiger partial charge in [0.2, 0.25) is 0 Å². The Kier molecular flexibility index (Phi) is 7.67. The highest BCUT2D eigenvalue weighted by Gasteiger charge is 2.20. The molecule has 10 nitrogen and oxygen atoms in total. The van der Waals surface area contributed by atoms with Crippen LogP contribution in [0.4, 0.5) is 11.4 Å². The van der Waals surface area contributed by atoms with E-state index in [0.29, 0.717) is 35.7 Å². The predicted molar refractivity (Wildman–Crippen MR) is 138 cm³/mol. The first-order valence-electron chi connectivity index (χ1n) is 11.5. The van der Waals surface area contributed by atoms with E-state index in [1.165, 1.54) is 6.07 Å². The summed E-state index contributed by atoms with van der Waals surface area (Å²) in [6.45, 7) is 7.82. The van der Waals surface area contributed by atoms with Gasteiger partial charge >= 0.3 is 11.9 Å². The first-order chi connectivity index (χ1) is 17.0. The Morgan fingerprint density at radius 3 is 1.75 bits per heavy atom. The molecule has 36 heavy (non-hydrogen) atoms. The summed E-state index contributed by atoms with van der Waals surface area (Å²) >= 11 is 0. The summed E-state index contributed by atoms with van der Waals surface area (Å²) < 4.78 is 13.4. The van der Waals surface area contributed by atoms with Crippen molar-refractivity contribution >= 4 is 45.1 Å². The molecule has 0 fully saturated rings. The van der Waals surface area contributed by atoms with Crippen molar-refractivity contribution in [2.75, 3.05) is 18.9 Å². The average Bonchev–Trinajstić information content (AvgIpc) is 3.35. The molecule has 0 radical (unpaired) electrons. The summed E-state index contributed by atoms with van der Waals surface area (Å²) in [5.74, 6) is -0.729. The molecule has 0 aliphatic rings. The molecule has 10 heteroatoms. The van der Waals surface area contributed by atoms with Crippen LogP contribution in [0, 0.1) is 24.0 Å². The highest BCUT2D eigenvalue weighted by atomic mass is 16.6. The lowest BCUT2D eigenvalue weighted by molar-refractivity contribution is -0.385. The van der Waals surface area contributed by atoms with E-state index in [4.69, 9.17) is 15.2 Å². The van der Waals surface area contributed by atoms with Crippen molar-refractivity contribution in [3.05, 3.63) is 69.0 Å². The van der Waals surface area contributed by atoms with Crippen LogP contribution in [0.5, 0.6) is 0 Å². The molecule has 0 aliphatic carbocycles. The molecule has 4 rings (SSSR count). The molecule has 4 aromatic rings. The number of nitro groups is 1. The van der Waals surface area contributed by atoms with E-state index >= 15 is 0 Å². The van der Waals surface area contributed by atoms with E-state index < -0.39 is 10.9 Å². The van der Waals surface area contributed by atoms with Crippen molar-refractivity contribution in [3.63, 3.8) is 0 Å². The van der Waals surface area contributed by atoms with Crippen LogP contribution in [-0.2, 0) is 23.6 Å². The number of aryl methyl sites for hydroxylation is 4. The van der Waals surface area contributed by atoms with E-state index in [0.717, 1.165) is 27.5 Å². The normalized spacial score (nSPS) is 10.7. The summed E-state index contributed by atoms with van der Waals surface area (Å²) in [5.41, 5.74) is 10.8. The molecule has 0 atom stereocenters. The van der Waals surface area contributed by atoms with Crippen molar-refractivity contribution in [2.24, 2.45) is 14.1 Å². The number of nitrogens with two attached hydrogens (primary N) is 1.